The molecule has 5 nitrogen and oxygen atoms in total. The maximum absolute atomic E-state index is 12.6. The predicted molar refractivity (Wildman–Crippen MR) is 104 cm³/mol. The van der Waals surface area contributed by atoms with Gasteiger partial charge in [0.2, 0.25) is 0 Å². The smallest absolute Gasteiger partial charge is 0.407 e. The van der Waals surface area contributed by atoms with Gasteiger partial charge in [0.15, 0.2) is 5.78 Å². The third-order valence-electron chi connectivity index (χ3n) is 3.56. The summed E-state index contributed by atoms with van der Waals surface area (Å²) in [6.07, 6.45) is 0.188. The molecule has 26 heavy (non-hydrogen) atoms. The SMILES string of the molecule is CC(C)(C)OC(=O)NCCc1ccc(C(=O)c2cc(Cl)ccc2N)cc1. The van der Waals surface area contributed by atoms with E-state index in [-0.39, 0.29) is 5.78 Å². The molecule has 6 heteroatoms. The minimum absolute atomic E-state index is 0.177. The predicted octanol–water partition coefficient (Wildman–Crippen LogP) is 4.22. The average molecular weight is 375 g/mol. The lowest BCUT2D eigenvalue weighted by Gasteiger charge is -2.19. The number of anilines is 1. The number of ketones is 1. The average Bonchev–Trinajstić information content (AvgIpc) is 2.55. The van der Waals surface area contributed by atoms with Gasteiger partial charge < -0.3 is 15.8 Å². The first-order chi connectivity index (χ1) is 12.2. The van der Waals surface area contributed by atoms with Crippen LogP contribution in [0.1, 0.15) is 42.3 Å². The number of nitrogens with two attached hydrogens (primary N) is 1. The third kappa shape index (κ3) is 5.77. The van der Waals surface area contributed by atoms with Crippen LogP contribution in [0.25, 0.3) is 0 Å². The molecule has 0 aliphatic rings. The maximum Gasteiger partial charge on any atom is 0.407 e. The van der Waals surface area contributed by atoms with Gasteiger partial charge in [-0.15, -0.1) is 0 Å². The topological polar surface area (TPSA) is 81.4 Å². The van der Waals surface area contributed by atoms with Gasteiger partial charge in [0, 0.05) is 28.4 Å². The largest absolute Gasteiger partial charge is 0.444 e. The summed E-state index contributed by atoms with van der Waals surface area (Å²) < 4.78 is 5.18. The molecule has 2 aromatic carbocycles. The maximum atomic E-state index is 12.6. The summed E-state index contributed by atoms with van der Waals surface area (Å²) in [7, 11) is 0. The highest BCUT2D eigenvalue weighted by atomic mass is 35.5. The van der Waals surface area contributed by atoms with E-state index in [1.165, 1.54) is 0 Å². The van der Waals surface area contributed by atoms with Gasteiger partial charge in [-0.25, -0.2) is 4.79 Å². The van der Waals surface area contributed by atoms with Crippen LogP contribution in [-0.4, -0.2) is 24.0 Å². The van der Waals surface area contributed by atoms with Gasteiger partial charge in [0.05, 0.1) is 0 Å². The molecule has 0 spiro atoms. The zero-order valence-electron chi connectivity index (χ0n) is 15.1. The zero-order valence-corrected chi connectivity index (χ0v) is 15.9. The summed E-state index contributed by atoms with van der Waals surface area (Å²) in [6, 6.07) is 12.0. The van der Waals surface area contributed by atoms with Crippen LogP contribution < -0.4 is 11.1 Å². The van der Waals surface area contributed by atoms with Crippen molar-refractivity contribution in [3.8, 4) is 0 Å². The van der Waals surface area contributed by atoms with E-state index in [0.717, 1.165) is 5.56 Å². The monoisotopic (exact) mass is 374 g/mol. The van der Waals surface area contributed by atoms with Gasteiger partial charge in [-0.05, 0) is 51.0 Å². The van der Waals surface area contributed by atoms with E-state index in [4.69, 9.17) is 22.1 Å². The van der Waals surface area contributed by atoms with E-state index in [0.29, 0.717) is 34.8 Å². The van der Waals surface area contributed by atoms with Crippen LogP contribution in [-0.2, 0) is 11.2 Å². The molecule has 0 aliphatic carbocycles. The highest BCUT2D eigenvalue weighted by Crippen LogP contribution is 2.21. The highest BCUT2D eigenvalue weighted by molar-refractivity contribution is 6.31. The molecule has 0 bridgehead atoms. The Bertz CT molecular complexity index is 796. The number of rotatable bonds is 5. The summed E-state index contributed by atoms with van der Waals surface area (Å²) in [6.45, 7) is 5.89. The normalized spacial score (nSPS) is 11.1. The van der Waals surface area contributed by atoms with E-state index < -0.39 is 11.7 Å². The van der Waals surface area contributed by atoms with Crippen molar-refractivity contribution in [2.75, 3.05) is 12.3 Å². The number of halogens is 1. The molecule has 0 aliphatic heterocycles. The van der Waals surface area contributed by atoms with E-state index in [1.807, 2.05) is 32.9 Å². The highest BCUT2D eigenvalue weighted by Gasteiger charge is 2.16. The quantitative estimate of drug-likeness (QED) is 0.606. The molecule has 138 valence electrons. The number of carbonyl (C=O) groups excluding carboxylic acids is 2. The Kier molecular flexibility index (Phi) is 6.27. The Morgan fingerprint density at radius 1 is 1.12 bits per heavy atom. The molecule has 0 radical (unpaired) electrons. The van der Waals surface area contributed by atoms with Crippen molar-refractivity contribution < 1.29 is 14.3 Å². The van der Waals surface area contributed by atoms with Gasteiger partial charge in [-0.1, -0.05) is 35.9 Å². The minimum Gasteiger partial charge on any atom is -0.444 e. The van der Waals surface area contributed by atoms with Crippen LogP contribution in [0.4, 0.5) is 10.5 Å². The van der Waals surface area contributed by atoms with Crippen molar-refractivity contribution in [2.24, 2.45) is 0 Å². The Labute approximate surface area is 158 Å². The molecule has 0 fully saturated rings. The van der Waals surface area contributed by atoms with E-state index >= 15 is 0 Å². The molecule has 2 aromatic rings. The number of nitrogen functional groups attached to an aromatic ring is 1. The van der Waals surface area contributed by atoms with E-state index in [1.54, 1.807) is 30.3 Å². The van der Waals surface area contributed by atoms with Crippen molar-refractivity contribution in [3.63, 3.8) is 0 Å². The molecule has 0 saturated carbocycles. The number of carbonyl (C=O) groups is 2. The Morgan fingerprint density at radius 2 is 1.77 bits per heavy atom. The first kappa shape index (κ1) is 19.8. The second-order valence-electron chi connectivity index (χ2n) is 6.94. The van der Waals surface area contributed by atoms with E-state index in [2.05, 4.69) is 5.32 Å². The molecule has 0 unspecified atom stereocenters. The van der Waals surface area contributed by atoms with Crippen LogP contribution in [0.3, 0.4) is 0 Å². The summed E-state index contributed by atoms with van der Waals surface area (Å²) >= 11 is 5.94. The molecule has 2 rings (SSSR count). The lowest BCUT2D eigenvalue weighted by atomic mass is 10.00. The number of amides is 1. The lowest BCUT2D eigenvalue weighted by molar-refractivity contribution is 0.0528. The number of hydrogen-bond donors (Lipinski definition) is 2. The number of hydrogen-bond acceptors (Lipinski definition) is 4. The zero-order chi connectivity index (χ0) is 19.3. The summed E-state index contributed by atoms with van der Waals surface area (Å²) in [4.78, 5) is 24.2. The molecule has 0 aromatic heterocycles. The standard InChI is InChI=1S/C20H23ClN2O3/c1-20(2,3)26-19(25)23-11-10-13-4-6-14(7-5-13)18(24)16-12-15(21)8-9-17(16)22/h4-9,12H,10-11,22H2,1-3H3,(H,23,25). The van der Waals surface area contributed by atoms with Gasteiger partial charge in [-0.2, -0.15) is 0 Å². The number of nitrogens with one attached hydrogen (secondary N) is 1. The van der Waals surface area contributed by atoms with Gasteiger partial charge in [-0.3, -0.25) is 4.79 Å². The van der Waals surface area contributed by atoms with Crippen LogP contribution in [0.15, 0.2) is 42.5 Å². The van der Waals surface area contributed by atoms with Crippen molar-refractivity contribution in [1.82, 2.24) is 5.32 Å². The first-order valence-corrected chi connectivity index (χ1v) is 8.69. The lowest BCUT2D eigenvalue weighted by Crippen LogP contribution is -2.33. The summed E-state index contributed by atoms with van der Waals surface area (Å²) in [5.74, 6) is -0.177. The second-order valence-corrected chi connectivity index (χ2v) is 7.37. The Balaban J connectivity index is 1.95. The molecular weight excluding hydrogens is 352 g/mol. The Hall–Kier alpha value is -2.53. The molecular formula is C20H23ClN2O3. The third-order valence-corrected chi connectivity index (χ3v) is 3.79. The van der Waals surface area contributed by atoms with Crippen molar-refractivity contribution in [2.45, 2.75) is 32.8 Å². The van der Waals surface area contributed by atoms with Crippen LogP contribution in [0, 0.1) is 0 Å². The van der Waals surface area contributed by atoms with Crippen molar-refractivity contribution >= 4 is 29.2 Å². The van der Waals surface area contributed by atoms with Crippen molar-refractivity contribution in [3.05, 3.63) is 64.2 Å². The number of ether oxygens (including phenoxy) is 1. The molecule has 3 N–H and O–H groups in total. The minimum atomic E-state index is -0.520. The first-order valence-electron chi connectivity index (χ1n) is 8.31. The van der Waals surface area contributed by atoms with Gasteiger partial charge >= 0.3 is 6.09 Å². The van der Waals surface area contributed by atoms with Gasteiger partial charge in [0.25, 0.3) is 0 Å². The fourth-order valence-corrected chi connectivity index (χ4v) is 2.50. The molecule has 1 amide bonds. The summed E-state index contributed by atoms with van der Waals surface area (Å²) in [5.41, 5.74) is 7.65. The van der Waals surface area contributed by atoms with Crippen LogP contribution >= 0.6 is 11.6 Å². The fourth-order valence-electron chi connectivity index (χ4n) is 2.33. The fraction of sp³-hybridized carbons (Fsp3) is 0.300. The molecule has 0 atom stereocenters. The van der Waals surface area contributed by atoms with E-state index in [9.17, 15) is 9.59 Å². The number of alkyl carbamates (subject to hydrolysis) is 1. The number of benzene rings is 2. The second kappa shape index (κ2) is 8.23. The van der Waals surface area contributed by atoms with Gasteiger partial charge in [0.1, 0.15) is 5.60 Å². The van der Waals surface area contributed by atoms with Crippen LogP contribution in [0.5, 0.6) is 0 Å². The molecule has 0 saturated heterocycles. The van der Waals surface area contributed by atoms with Crippen molar-refractivity contribution in [1.29, 1.82) is 0 Å². The Morgan fingerprint density at radius 3 is 2.38 bits per heavy atom. The summed E-state index contributed by atoms with van der Waals surface area (Å²) in [5, 5.41) is 3.17. The molecule has 0 heterocycles. The van der Waals surface area contributed by atoms with Crippen LogP contribution in [0.2, 0.25) is 5.02 Å².